The smallest absolute Gasteiger partial charge is 0.267 e. The van der Waals surface area contributed by atoms with Crippen molar-refractivity contribution in [3.8, 4) is 10.6 Å². The van der Waals surface area contributed by atoms with Crippen molar-refractivity contribution in [3.05, 3.63) is 58.7 Å². The Morgan fingerprint density at radius 2 is 2.06 bits per heavy atom. The molecular weight excluding hydrogens is 432 g/mol. The van der Waals surface area contributed by atoms with Gasteiger partial charge in [0.2, 0.25) is 5.95 Å². The topological polar surface area (TPSA) is 85.9 Å². The number of fused-ring (bicyclic) bond motifs is 1. The molecule has 3 N–H and O–H groups in total. The molecule has 0 aliphatic rings. The second kappa shape index (κ2) is 9.47. The largest absolute Gasteiger partial charge is 0.351 e. The third kappa shape index (κ3) is 5.41. The molecule has 9 heteroatoms. The number of carbonyl (C=O) groups is 1. The minimum absolute atomic E-state index is 0.102. The lowest BCUT2D eigenvalue weighted by molar-refractivity contribution is 0.0948. The number of nitrogens with one attached hydrogen (secondary N) is 3. The third-order valence-electron chi connectivity index (χ3n) is 4.67. The van der Waals surface area contributed by atoms with E-state index < -0.39 is 0 Å². The lowest BCUT2D eigenvalue weighted by Crippen LogP contribution is -2.27. The molecule has 0 radical (unpaired) electrons. The Morgan fingerprint density at radius 3 is 2.84 bits per heavy atom. The first-order valence-electron chi connectivity index (χ1n) is 9.89. The van der Waals surface area contributed by atoms with E-state index >= 15 is 0 Å². The van der Waals surface area contributed by atoms with Crippen LogP contribution in [0.25, 0.3) is 21.5 Å². The van der Waals surface area contributed by atoms with E-state index in [1.807, 2.05) is 56.6 Å². The van der Waals surface area contributed by atoms with E-state index in [0.717, 1.165) is 44.5 Å². The van der Waals surface area contributed by atoms with Crippen LogP contribution in [0.3, 0.4) is 0 Å². The van der Waals surface area contributed by atoms with Crippen molar-refractivity contribution in [1.29, 1.82) is 0 Å². The highest BCUT2D eigenvalue weighted by atomic mass is 35.5. The van der Waals surface area contributed by atoms with Crippen molar-refractivity contribution >= 4 is 51.4 Å². The number of hydrogen-bond acceptors (Lipinski definition) is 6. The van der Waals surface area contributed by atoms with Gasteiger partial charge in [0, 0.05) is 29.3 Å². The highest BCUT2D eigenvalue weighted by Gasteiger charge is 2.10. The zero-order valence-electron chi connectivity index (χ0n) is 17.3. The maximum absolute atomic E-state index is 12.4. The Bertz CT molecular complexity index is 1200. The van der Waals surface area contributed by atoms with Crippen LogP contribution in [0.2, 0.25) is 4.34 Å². The highest BCUT2D eigenvalue weighted by Crippen LogP contribution is 2.30. The summed E-state index contributed by atoms with van der Waals surface area (Å²) in [6.45, 7) is 1.58. The van der Waals surface area contributed by atoms with E-state index in [-0.39, 0.29) is 5.91 Å². The second-order valence-corrected chi connectivity index (χ2v) is 9.11. The van der Waals surface area contributed by atoms with Crippen molar-refractivity contribution in [2.24, 2.45) is 0 Å². The lowest BCUT2D eigenvalue weighted by Gasteiger charge is -2.09. The van der Waals surface area contributed by atoms with Gasteiger partial charge in [-0.15, -0.1) is 11.3 Å². The normalized spacial score (nSPS) is 11.2. The van der Waals surface area contributed by atoms with Crippen LogP contribution in [-0.4, -0.2) is 52.9 Å². The molecular formula is C22H23ClN6OS. The molecule has 31 heavy (non-hydrogen) atoms. The number of rotatable bonds is 8. The SMILES string of the molecule is CN(C)CCCNC(=O)c1cc2cc(Nc3nccc(-c4ccc(Cl)s4)n3)ccc2[nH]1. The van der Waals surface area contributed by atoms with Gasteiger partial charge in [0.1, 0.15) is 5.69 Å². The van der Waals surface area contributed by atoms with Gasteiger partial charge >= 0.3 is 0 Å². The number of benzene rings is 1. The van der Waals surface area contributed by atoms with Gasteiger partial charge < -0.3 is 20.5 Å². The van der Waals surface area contributed by atoms with Gasteiger partial charge in [-0.2, -0.15) is 0 Å². The number of nitrogens with zero attached hydrogens (tertiary/aromatic N) is 3. The Kier molecular flexibility index (Phi) is 6.50. The first-order valence-corrected chi connectivity index (χ1v) is 11.1. The van der Waals surface area contributed by atoms with Gasteiger partial charge in [0.25, 0.3) is 5.91 Å². The van der Waals surface area contributed by atoms with E-state index in [2.05, 4.69) is 30.5 Å². The fourth-order valence-corrected chi connectivity index (χ4v) is 4.18. The summed E-state index contributed by atoms with van der Waals surface area (Å²) in [6, 6.07) is 13.3. The number of carbonyl (C=O) groups excluding carboxylic acids is 1. The van der Waals surface area contributed by atoms with Crippen LogP contribution in [0.5, 0.6) is 0 Å². The minimum atomic E-state index is -0.102. The van der Waals surface area contributed by atoms with E-state index in [0.29, 0.717) is 18.2 Å². The predicted molar refractivity (Wildman–Crippen MR) is 127 cm³/mol. The monoisotopic (exact) mass is 454 g/mol. The maximum Gasteiger partial charge on any atom is 0.267 e. The van der Waals surface area contributed by atoms with Crippen molar-refractivity contribution in [1.82, 2.24) is 25.2 Å². The lowest BCUT2D eigenvalue weighted by atomic mass is 10.2. The molecule has 0 aliphatic heterocycles. The van der Waals surface area contributed by atoms with Gasteiger partial charge in [-0.1, -0.05) is 11.6 Å². The number of amides is 1. The van der Waals surface area contributed by atoms with Crippen LogP contribution in [0.1, 0.15) is 16.9 Å². The minimum Gasteiger partial charge on any atom is -0.351 e. The van der Waals surface area contributed by atoms with Crippen LogP contribution in [-0.2, 0) is 0 Å². The summed E-state index contributed by atoms with van der Waals surface area (Å²) in [5.41, 5.74) is 3.09. The molecule has 0 spiro atoms. The van der Waals surface area contributed by atoms with Gasteiger partial charge in [-0.25, -0.2) is 9.97 Å². The standard InChI is InChI=1S/C22H23ClN6OS/c1-29(2)11-3-9-24-21(30)18-13-14-12-15(4-5-16(14)27-18)26-22-25-10-8-17(28-22)19-6-7-20(23)31-19/h4-8,10,12-13,27H,3,9,11H2,1-2H3,(H,24,30)(H,25,26,28). The Morgan fingerprint density at radius 1 is 1.19 bits per heavy atom. The summed E-state index contributed by atoms with van der Waals surface area (Å²) in [4.78, 5) is 27.5. The van der Waals surface area contributed by atoms with Crippen molar-refractivity contribution < 1.29 is 4.79 Å². The highest BCUT2D eigenvalue weighted by molar-refractivity contribution is 7.19. The first-order chi connectivity index (χ1) is 15.0. The summed E-state index contributed by atoms with van der Waals surface area (Å²) >= 11 is 7.51. The van der Waals surface area contributed by atoms with Crippen LogP contribution in [0.4, 0.5) is 11.6 Å². The van der Waals surface area contributed by atoms with Gasteiger partial charge in [0.05, 0.1) is 14.9 Å². The summed E-state index contributed by atoms with van der Waals surface area (Å²) in [5, 5.41) is 7.12. The fraction of sp³-hybridized carbons (Fsp3) is 0.227. The molecule has 4 aromatic rings. The number of hydrogen-bond donors (Lipinski definition) is 3. The zero-order valence-corrected chi connectivity index (χ0v) is 18.8. The molecule has 0 saturated heterocycles. The number of H-pyrrole nitrogens is 1. The maximum atomic E-state index is 12.4. The average Bonchev–Trinajstić information content (AvgIpc) is 3.37. The number of anilines is 2. The van der Waals surface area contributed by atoms with Crippen molar-refractivity contribution in [3.63, 3.8) is 0 Å². The van der Waals surface area contributed by atoms with Crippen LogP contribution < -0.4 is 10.6 Å². The van der Waals surface area contributed by atoms with E-state index in [1.54, 1.807) is 6.20 Å². The first kappa shape index (κ1) is 21.3. The number of aromatic nitrogens is 3. The molecule has 0 saturated carbocycles. The predicted octanol–water partition coefficient (Wildman–Crippen LogP) is 4.76. The fourth-order valence-electron chi connectivity index (χ4n) is 3.16. The molecule has 0 fully saturated rings. The van der Waals surface area contributed by atoms with Crippen molar-refractivity contribution in [2.45, 2.75) is 6.42 Å². The third-order valence-corrected chi connectivity index (χ3v) is 5.92. The summed E-state index contributed by atoms with van der Waals surface area (Å²) < 4.78 is 0.721. The van der Waals surface area contributed by atoms with Crippen LogP contribution in [0, 0.1) is 0 Å². The molecule has 1 amide bonds. The van der Waals surface area contributed by atoms with Gasteiger partial charge in [0.15, 0.2) is 0 Å². The average molecular weight is 455 g/mol. The molecule has 0 atom stereocenters. The molecule has 0 unspecified atom stereocenters. The molecule has 0 bridgehead atoms. The zero-order chi connectivity index (χ0) is 21.8. The number of halogens is 1. The number of aromatic amines is 1. The Hall–Kier alpha value is -2.94. The number of thiophene rings is 1. The summed E-state index contributed by atoms with van der Waals surface area (Å²) in [7, 11) is 4.04. The molecule has 7 nitrogen and oxygen atoms in total. The van der Waals surface area contributed by atoms with E-state index in [1.165, 1.54) is 11.3 Å². The van der Waals surface area contributed by atoms with Crippen LogP contribution >= 0.6 is 22.9 Å². The quantitative estimate of drug-likeness (QED) is 0.334. The second-order valence-electron chi connectivity index (χ2n) is 7.39. The molecule has 3 aromatic heterocycles. The van der Waals surface area contributed by atoms with Gasteiger partial charge in [-0.05, 0) is 69.5 Å². The molecule has 0 aliphatic carbocycles. The molecule has 1 aromatic carbocycles. The molecule has 3 heterocycles. The van der Waals surface area contributed by atoms with Crippen LogP contribution in [0.15, 0.2) is 48.7 Å². The summed E-state index contributed by atoms with van der Waals surface area (Å²) in [6.07, 6.45) is 2.62. The molecule has 4 rings (SSSR count). The Balaban J connectivity index is 1.45. The van der Waals surface area contributed by atoms with E-state index in [4.69, 9.17) is 11.6 Å². The van der Waals surface area contributed by atoms with Crippen molar-refractivity contribution in [2.75, 3.05) is 32.5 Å². The van der Waals surface area contributed by atoms with Gasteiger partial charge in [-0.3, -0.25) is 4.79 Å². The molecule has 160 valence electrons. The summed E-state index contributed by atoms with van der Waals surface area (Å²) in [5.74, 6) is 0.394. The Labute approximate surface area is 189 Å². The van der Waals surface area contributed by atoms with E-state index in [9.17, 15) is 4.79 Å².